The first-order valence-electron chi connectivity index (χ1n) is 9.09. The predicted molar refractivity (Wildman–Crippen MR) is 103 cm³/mol. The van der Waals surface area contributed by atoms with Crippen molar-refractivity contribution < 1.29 is 4.79 Å². The van der Waals surface area contributed by atoms with Crippen LogP contribution in [0.25, 0.3) is 10.9 Å². The van der Waals surface area contributed by atoms with Crippen LogP contribution in [-0.2, 0) is 13.5 Å². The summed E-state index contributed by atoms with van der Waals surface area (Å²) in [6.07, 6.45) is 2.04. The number of aromatic amines is 2. The summed E-state index contributed by atoms with van der Waals surface area (Å²) in [5, 5.41) is 1.19. The molecule has 1 atom stereocenters. The first-order valence-corrected chi connectivity index (χ1v) is 9.09. The fourth-order valence-corrected chi connectivity index (χ4v) is 4.06. The lowest BCUT2D eigenvalue weighted by atomic mass is 9.90. The molecule has 0 bridgehead atoms. The molecular weight excluding hydrogens is 344 g/mol. The number of benzene rings is 1. The van der Waals surface area contributed by atoms with E-state index >= 15 is 0 Å². The third-order valence-electron chi connectivity index (χ3n) is 5.31. The Morgan fingerprint density at radius 1 is 1.19 bits per heavy atom. The number of amides is 1. The highest BCUT2D eigenvalue weighted by atomic mass is 16.2. The van der Waals surface area contributed by atoms with E-state index in [0.717, 1.165) is 17.6 Å². The highest BCUT2D eigenvalue weighted by Crippen LogP contribution is 2.38. The largest absolute Gasteiger partial charge is 0.356 e. The number of carbonyl (C=O) groups excluding carboxylic acids is 1. The van der Waals surface area contributed by atoms with Gasteiger partial charge >= 0.3 is 5.69 Å². The molecule has 1 aliphatic heterocycles. The minimum atomic E-state index is -0.645. The monoisotopic (exact) mass is 366 g/mol. The second kappa shape index (κ2) is 6.26. The van der Waals surface area contributed by atoms with E-state index in [4.69, 9.17) is 0 Å². The average molecular weight is 366 g/mol. The number of aromatic nitrogens is 3. The smallest absolute Gasteiger partial charge is 0.328 e. The van der Waals surface area contributed by atoms with Crippen LogP contribution < -0.4 is 11.2 Å². The van der Waals surface area contributed by atoms with Gasteiger partial charge in [-0.05, 0) is 24.0 Å². The summed E-state index contributed by atoms with van der Waals surface area (Å²) in [6.45, 7) is 4.66. The first-order chi connectivity index (χ1) is 12.9. The molecule has 0 saturated heterocycles. The van der Waals surface area contributed by atoms with Crippen molar-refractivity contribution in [2.45, 2.75) is 26.3 Å². The molecule has 0 saturated carbocycles. The highest BCUT2D eigenvalue weighted by Gasteiger charge is 2.36. The number of para-hydroxylation sites is 1. The van der Waals surface area contributed by atoms with Crippen LogP contribution in [0.2, 0.25) is 0 Å². The summed E-state index contributed by atoms with van der Waals surface area (Å²) in [5.41, 5.74) is 2.14. The Balaban J connectivity index is 1.82. The normalized spacial score (nSPS) is 16.7. The second-order valence-electron chi connectivity index (χ2n) is 7.41. The molecule has 1 aliphatic rings. The van der Waals surface area contributed by atoms with Crippen molar-refractivity contribution >= 4 is 16.8 Å². The van der Waals surface area contributed by atoms with E-state index in [0.29, 0.717) is 6.54 Å². The summed E-state index contributed by atoms with van der Waals surface area (Å²) in [4.78, 5) is 44.5. The first kappa shape index (κ1) is 17.3. The van der Waals surface area contributed by atoms with Gasteiger partial charge in [0.05, 0.1) is 6.04 Å². The van der Waals surface area contributed by atoms with E-state index in [1.54, 1.807) is 4.90 Å². The number of aryl methyl sites for hydroxylation is 1. The maximum Gasteiger partial charge on any atom is 0.328 e. The molecule has 2 N–H and O–H groups in total. The van der Waals surface area contributed by atoms with Crippen molar-refractivity contribution in [1.29, 1.82) is 0 Å². The van der Waals surface area contributed by atoms with E-state index in [9.17, 15) is 14.4 Å². The maximum atomic E-state index is 13.2. The number of rotatable bonds is 2. The lowest BCUT2D eigenvalue weighted by Gasteiger charge is -2.38. The zero-order chi connectivity index (χ0) is 19.3. The second-order valence-corrected chi connectivity index (χ2v) is 7.41. The number of carbonyl (C=O) groups is 1. The molecule has 4 rings (SSSR count). The van der Waals surface area contributed by atoms with Crippen molar-refractivity contribution in [2.75, 3.05) is 6.54 Å². The van der Waals surface area contributed by atoms with Gasteiger partial charge in [-0.3, -0.25) is 14.6 Å². The van der Waals surface area contributed by atoms with E-state index in [1.165, 1.54) is 28.8 Å². The molecule has 0 unspecified atom stereocenters. The van der Waals surface area contributed by atoms with E-state index in [1.807, 2.05) is 18.2 Å². The summed E-state index contributed by atoms with van der Waals surface area (Å²) in [7, 11) is 1.51. The third-order valence-corrected chi connectivity index (χ3v) is 5.31. The number of H-pyrrole nitrogens is 2. The number of fused-ring (bicyclic) bond motifs is 3. The van der Waals surface area contributed by atoms with Gasteiger partial charge in [0.2, 0.25) is 0 Å². The molecule has 0 spiro atoms. The molecule has 0 radical (unpaired) electrons. The minimum Gasteiger partial charge on any atom is -0.356 e. The van der Waals surface area contributed by atoms with Crippen LogP contribution in [0.5, 0.6) is 0 Å². The van der Waals surface area contributed by atoms with Crippen LogP contribution in [-0.4, -0.2) is 31.9 Å². The Kier molecular flexibility index (Phi) is 4.02. The van der Waals surface area contributed by atoms with E-state index in [2.05, 4.69) is 29.9 Å². The van der Waals surface area contributed by atoms with Crippen LogP contribution in [0, 0.1) is 5.92 Å². The molecule has 7 heteroatoms. The average Bonchev–Trinajstić information content (AvgIpc) is 3.01. The fourth-order valence-electron chi connectivity index (χ4n) is 4.06. The zero-order valence-corrected chi connectivity index (χ0v) is 15.6. The SMILES string of the molecule is CC(C)[C@H]1c2[nH]c3ccccc3c2CCN1C(=O)c1cn(C)c(=O)[nH]c1=O. The molecule has 1 aromatic carbocycles. The van der Waals surface area contributed by atoms with Gasteiger partial charge in [-0.15, -0.1) is 0 Å². The van der Waals surface area contributed by atoms with Crippen molar-refractivity contribution in [3.8, 4) is 0 Å². The van der Waals surface area contributed by atoms with Gasteiger partial charge in [0, 0.05) is 36.4 Å². The molecule has 7 nitrogen and oxygen atoms in total. The minimum absolute atomic E-state index is 0.0117. The molecule has 0 fully saturated rings. The zero-order valence-electron chi connectivity index (χ0n) is 15.6. The molecule has 1 amide bonds. The highest BCUT2D eigenvalue weighted by molar-refractivity contribution is 5.94. The van der Waals surface area contributed by atoms with Crippen molar-refractivity contribution in [3.05, 3.63) is 68.1 Å². The van der Waals surface area contributed by atoms with E-state index in [-0.39, 0.29) is 23.4 Å². The Hall–Kier alpha value is -3.09. The number of hydrogen-bond acceptors (Lipinski definition) is 3. The summed E-state index contributed by atoms with van der Waals surface area (Å²) in [6, 6.07) is 7.97. The van der Waals surface area contributed by atoms with Gasteiger partial charge in [0.15, 0.2) is 0 Å². The Morgan fingerprint density at radius 3 is 2.67 bits per heavy atom. The number of nitrogens with zero attached hydrogens (tertiary/aromatic N) is 2. The van der Waals surface area contributed by atoms with Crippen molar-refractivity contribution in [1.82, 2.24) is 19.4 Å². The van der Waals surface area contributed by atoms with Crippen molar-refractivity contribution in [2.24, 2.45) is 13.0 Å². The van der Waals surface area contributed by atoms with Gasteiger partial charge in [-0.25, -0.2) is 4.79 Å². The Morgan fingerprint density at radius 2 is 1.93 bits per heavy atom. The van der Waals surface area contributed by atoms with Crippen LogP contribution in [0.4, 0.5) is 0 Å². The fraction of sp³-hybridized carbons (Fsp3) is 0.350. The van der Waals surface area contributed by atoms with Crippen LogP contribution >= 0.6 is 0 Å². The van der Waals surface area contributed by atoms with Crippen LogP contribution in [0.15, 0.2) is 40.1 Å². The molecule has 27 heavy (non-hydrogen) atoms. The van der Waals surface area contributed by atoms with Gasteiger partial charge in [-0.1, -0.05) is 32.0 Å². The molecule has 3 heterocycles. The summed E-state index contributed by atoms with van der Waals surface area (Å²) >= 11 is 0. The third kappa shape index (κ3) is 2.70. The lowest BCUT2D eigenvalue weighted by Crippen LogP contribution is -2.45. The van der Waals surface area contributed by atoms with Gasteiger partial charge in [-0.2, -0.15) is 0 Å². The van der Waals surface area contributed by atoms with Gasteiger partial charge in [0.25, 0.3) is 11.5 Å². The Bertz CT molecular complexity index is 1150. The molecule has 2 aromatic heterocycles. The topological polar surface area (TPSA) is 91.0 Å². The van der Waals surface area contributed by atoms with E-state index < -0.39 is 11.2 Å². The molecule has 3 aromatic rings. The van der Waals surface area contributed by atoms with Gasteiger partial charge in [0.1, 0.15) is 5.56 Å². The van der Waals surface area contributed by atoms with Crippen molar-refractivity contribution in [3.63, 3.8) is 0 Å². The summed E-state index contributed by atoms with van der Waals surface area (Å²) in [5.74, 6) is -0.192. The van der Waals surface area contributed by atoms with Crippen LogP contribution in [0.3, 0.4) is 0 Å². The standard InChI is InChI=1S/C20H22N4O3/c1-11(2)17-16-13(12-6-4-5-7-15(12)21-16)8-9-24(17)19(26)14-10-23(3)20(27)22-18(14)25/h4-7,10-11,17,21H,8-9H2,1-3H3,(H,22,25,27)/t17-/m0/s1. The van der Waals surface area contributed by atoms with Gasteiger partial charge < -0.3 is 14.5 Å². The molecular formula is C20H22N4O3. The Labute approximate surface area is 155 Å². The van der Waals surface area contributed by atoms with Crippen LogP contribution in [0.1, 0.15) is 41.5 Å². The predicted octanol–water partition coefficient (Wildman–Crippen LogP) is 1.95. The maximum absolute atomic E-state index is 13.2. The quantitative estimate of drug-likeness (QED) is 0.726. The lowest BCUT2D eigenvalue weighted by molar-refractivity contribution is 0.0595. The summed E-state index contributed by atoms with van der Waals surface area (Å²) < 4.78 is 1.22. The number of hydrogen-bond donors (Lipinski definition) is 2. The molecule has 140 valence electrons. The number of nitrogens with one attached hydrogen (secondary N) is 2. The molecule has 0 aliphatic carbocycles.